The number of hydrogen-bond acceptors (Lipinski definition) is 5. The highest BCUT2D eigenvalue weighted by molar-refractivity contribution is 6.40. The standard InChI is InChI=1S/C18H18Cl2N6O2/c19-12-2-1-3-13(20)15(12)17(27)24-14-10-22-25-16(14)18(28)23-11-4-7-26(8-5-11)9-6-21/h1-3,10-11H,4-5,7-9H2,(H,22,25)(H,23,28)(H,24,27). The summed E-state index contributed by atoms with van der Waals surface area (Å²) < 4.78 is 0. The van der Waals surface area contributed by atoms with Crippen LogP contribution in [0, 0.1) is 11.3 Å². The molecule has 1 fully saturated rings. The number of aromatic amines is 1. The Morgan fingerprint density at radius 3 is 2.57 bits per heavy atom. The zero-order valence-corrected chi connectivity index (χ0v) is 16.3. The molecule has 0 unspecified atom stereocenters. The van der Waals surface area contributed by atoms with Gasteiger partial charge in [-0.05, 0) is 25.0 Å². The van der Waals surface area contributed by atoms with Gasteiger partial charge in [0, 0.05) is 19.1 Å². The summed E-state index contributed by atoms with van der Waals surface area (Å²) in [5.74, 6) is -0.896. The summed E-state index contributed by atoms with van der Waals surface area (Å²) in [6, 6.07) is 6.88. The van der Waals surface area contributed by atoms with Crippen LogP contribution in [-0.4, -0.2) is 52.6 Å². The van der Waals surface area contributed by atoms with Crippen LogP contribution in [0.25, 0.3) is 0 Å². The number of amides is 2. The van der Waals surface area contributed by atoms with Crippen molar-refractivity contribution in [2.45, 2.75) is 18.9 Å². The van der Waals surface area contributed by atoms with Crippen molar-refractivity contribution in [1.82, 2.24) is 20.4 Å². The van der Waals surface area contributed by atoms with Gasteiger partial charge in [0.15, 0.2) is 0 Å². The molecule has 0 aliphatic carbocycles. The summed E-state index contributed by atoms with van der Waals surface area (Å²) in [5, 5.41) is 21.2. The number of nitrogens with zero attached hydrogens (tertiary/aromatic N) is 3. The van der Waals surface area contributed by atoms with E-state index in [4.69, 9.17) is 28.5 Å². The molecule has 1 aromatic carbocycles. The van der Waals surface area contributed by atoms with E-state index in [9.17, 15) is 9.59 Å². The fourth-order valence-electron chi connectivity index (χ4n) is 3.05. The van der Waals surface area contributed by atoms with Crippen molar-refractivity contribution in [3.05, 3.63) is 45.7 Å². The van der Waals surface area contributed by atoms with E-state index in [1.165, 1.54) is 6.20 Å². The highest BCUT2D eigenvalue weighted by Crippen LogP contribution is 2.25. The lowest BCUT2D eigenvalue weighted by Crippen LogP contribution is -2.44. The van der Waals surface area contributed by atoms with E-state index < -0.39 is 5.91 Å². The third kappa shape index (κ3) is 4.62. The van der Waals surface area contributed by atoms with Crippen LogP contribution >= 0.6 is 23.2 Å². The van der Waals surface area contributed by atoms with Gasteiger partial charge in [-0.2, -0.15) is 10.4 Å². The summed E-state index contributed by atoms with van der Waals surface area (Å²) >= 11 is 12.1. The smallest absolute Gasteiger partial charge is 0.271 e. The number of piperidine rings is 1. The minimum Gasteiger partial charge on any atom is -0.348 e. The molecule has 1 aliphatic rings. The summed E-state index contributed by atoms with van der Waals surface area (Å²) in [5.41, 5.74) is 0.514. The van der Waals surface area contributed by atoms with Gasteiger partial charge in [-0.15, -0.1) is 0 Å². The van der Waals surface area contributed by atoms with Crippen molar-refractivity contribution < 1.29 is 9.59 Å². The molecule has 0 atom stereocenters. The second kappa shape index (κ2) is 9.06. The third-order valence-corrected chi connectivity index (χ3v) is 5.15. The first kappa shape index (κ1) is 20.1. The van der Waals surface area contributed by atoms with Crippen LogP contribution in [0.4, 0.5) is 5.69 Å². The van der Waals surface area contributed by atoms with Gasteiger partial charge in [0.1, 0.15) is 5.69 Å². The lowest BCUT2D eigenvalue weighted by atomic mass is 10.0. The Hall–Kier alpha value is -2.60. The second-order valence-electron chi connectivity index (χ2n) is 6.39. The van der Waals surface area contributed by atoms with Crippen molar-refractivity contribution in [1.29, 1.82) is 5.26 Å². The van der Waals surface area contributed by atoms with Crippen molar-refractivity contribution in [2.24, 2.45) is 0 Å². The highest BCUT2D eigenvalue weighted by Gasteiger charge is 2.24. The van der Waals surface area contributed by atoms with Gasteiger partial charge < -0.3 is 10.6 Å². The first-order valence-electron chi connectivity index (χ1n) is 8.68. The van der Waals surface area contributed by atoms with Crippen LogP contribution in [0.15, 0.2) is 24.4 Å². The molecule has 2 heterocycles. The highest BCUT2D eigenvalue weighted by atomic mass is 35.5. The van der Waals surface area contributed by atoms with Gasteiger partial charge in [-0.1, -0.05) is 29.3 Å². The van der Waals surface area contributed by atoms with Crippen LogP contribution in [0.1, 0.15) is 33.7 Å². The van der Waals surface area contributed by atoms with Crippen molar-refractivity contribution in [3.63, 3.8) is 0 Å². The quantitative estimate of drug-likeness (QED) is 0.643. The maximum absolute atomic E-state index is 12.6. The van der Waals surface area contributed by atoms with Gasteiger partial charge in [0.25, 0.3) is 11.8 Å². The first-order valence-corrected chi connectivity index (χ1v) is 9.44. The third-order valence-electron chi connectivity index (χ3n) is 4.52. The maximum atomic E-state index is 12.6. The lowest BCUT2D eigenvalue weighted by molar-refractivity contribution is 0.0910. The second-order valence-corrected chi connectivity index (χ2v) is 7.21. The number of benzene rings is 1. The van der Waals surface area contributed by atoms with Crippen LogP contribution in [0.3, 0.4) is 0 Å². The molecule has 3 rings (SSSR count). The van der Waals surface area contributed by atoms with E-state index in [0.29, 0.717) is 6.54 Å². The molecular formula is C18H18Cl2N6O2. The molecule has 2 aromatic rings. The minimum absolute atomic E-state index is 0.00712. The van der Waals surface area contributed by atoms with Crippen LogP contribution in [0.2, 0.25) is 10.0 Å². The molecule has 0 spiro atoms. The van der Waals surface area contributed by atoms with Gasteiger partial charge in [0.05, 0.1) is 40.1 Å². The molecule has 0 saturated carbocycles. The van der Waals surface area contributed by atoms with Gasteiger partial charge >= 0.3 is 0 Å². The number of carbonyl (C=O) groups is 2. The molecule has 8 nitrogen and oxygen atoms in total. The number of nitriles is 1. The Labute approximate surface area is 171 Å². The molecular weight excluding hydrogens is 403 g/mol. The predicted octanol–water partition coefficient (Wildman–Crippen LogP) is 2.69. The number of likely N-dealkylation sites (tertiary alicyclic amines) is 1. The molecule has 3 N–H and O–H groups in total. The van der Waals surface area contributed by atoms with Crippen molar-refractivity contribution >= 4 is 40.7 Å². The number of hydrogen-bond donors (Lipinski definition) is 3. The Kier molecular flexibility index (Phi) is 6.52. The SMILES string of the molecule is N#CCN1CCC(NC(=O)c2[nH]ncc2NC(=O)c2c(Cl)cccc2Cl)CC1. The number of aromatic nitrogens is 2. The number of anilines is 1. The number of nitrogens with one attached hydrogen (secondary N) is 3. The molecule has 1 aromatic heterocycles. The van der Waals surface area contributed by atoms with E-state index in [-0.39, 0.29) is 38.9 Å². The Morgan fingerprint density at radius 1 is 1.25 bits per heavy atom. The fourth-order valence-corrected chi connectivity index (χ4v) is 3.62. The largest absolute Gasteiger partial charge is 0.348 e. The van der Waals surface area contributed by atoms with Crippen LogP contribution in [-0.2, 0) is 0 Å². The molecule has 0 bridgehead atoms. The first-order chi connectivity index (χ1) is 13.5. The van der Waals surface area contributed by atoms with Crippen LogP contribution < -0.4 is 10.6 Å². The molecule has 1 saturated heterocycles. The number of H-pyrrole nitrogens is 1. The Morgan fingerprint density at radius 2 is 1.93 bits per heavy atom. The van der Waals surface area contributed by atoms with Crippen molar-refractivity contribution in [2.75, 3.05) is 25.0 Å². The normalized spacial score (nSPS) is 15.0. The van der Waals surface area contributed by atoms with Gasteiger partial charge in [0.2, 0.25) is 0 Å². The molecule has 146 valence electrons. The summed E-state index contributed by atoms with van der Waals surface area (Å²) in [6.07, 6.45) is 2.85. The molecule has 10 heteroatoms. The van der Waals surface area contributed by atoms with E-state index >= 15 is 0 Å². The number of halogens is 2. The van der Waals surface area contributed by atoms with E-state index in [0.717, 1.165) is 25.9 Å². The van der Waals surface area contributed by atoms with Gasteiger partial charge in [-0.3, -0.25) is 19.6 Å². The molecule has 1 aliphatic heterocycles. The topological polar surface area (TPSA) is 114 Å². The summed E-state index contributed by atoms with van der Waals surface area (Å²) in [6.45, 7) is 1.88. The van der Waals surface area contributed by atoms with Gasteiger partial charge in [-0.25, -0.2) is 0 Å². The predicted molar refractivity (Wildman–Crippen MR) is 106 cm³/mol. The molecule has 28 heavy (non-hydrogen) atoms. The van der Waals surface area contributed by atoms with Crippen molar-refractivity contribution in [3.8, 4) is 6.07 Å². The minimum atomic E-state index is -0.532. The Bertz CT molecular complexity index is 895. The van der Waals surface area contributed by atoms with Crippen LogP contribution in [0.5, 0.6) is 0 Å². The molecule has 0 radical (unpaired) electrons. The number of carbonyl (C=O) groups excluding carboxylic acids is 2. The van der Waals surface area contributed by atoms with E-state index in [1.54, 1.807) is 18.2 Å². The summed E-state index contributed by atoms with van der Waals surface area (Å²) in [7, 11) is 0. The number of rotatable bonds is 5. The summed E-state index contributed by atoms with van der Waals surface area (Å²) in [4.78, 5) is 27.2. The maximum Gasteiger partial charge on any atom is 0.271 e. The zero-order chi connectivity index (χ0) is 20.1. The van der Waals surface area contributed by atoms with E-state index in [2.05, 4.69) is 26.9 Å². The average molecular weight is 421 g/mol. The molecule has 2 amide bonds. The monoisotopic (exact) mass is 420 g/mol. The lowest BCUT2D eigenvalue weighted by Gasteiger charge is -2.30. The van der Waals surface area contributed by atoms with E-state index in [1.807, 2.05) is 4.90 Å². The zero-order valence-electron chi connectivity index (χ0n) is 14.8. The Balaban J connectivity index is 1.64. The fraction of sp³-hybridized carbons (Fsp3) is 0.333. The average Bonchev–Trinajstić information content (AvgIpc) is 3.11.